The Kier molecular flexibility index (Phi) is 10.8. The average molecular weight is 470 g/mol. The van der Waals surface area contributed by atoms with Crippen LogP contribution in [-0.4, -0.2) is 72.8 Å². The van der Waals surface area contributed by atoms with Crippen molar-refractivity contribution < 1.29 is 19.1 Å². The maximum atomic E-state index is 12.0. The van der Waals surface area contributed by atoms with Gasteiger partial charge in [0, 0.05) is 39.1 Å². The molecule has 0 bridgehead atoms. The van der Waals surface area contributed by atoms with Crippen molar-refractivity contribution in [3.63, 3.8) is 0 Å². The SMILES string of the molecule is CCOC(=O)CCCN=C(N)N1CCN(C(=O)OC(C)(C)C)CC1.I. The van der Waals surface area contributed by atoms with Crippen molar-refractivity contribution in [3.05, 3.63) is 0 Å². The number of amides is 1. The summed E-state index contributed by atoms with van der Waals surface area (Å²) in [5.74, 6) is 0.236. The van der Waals surface area contributed by atoms with E-state index in [0.29, 0.717) is 58.1 Å². The van der Waals surface area contributed by atoms with Gasteiger partial charge in [-0.15, -0.1) is 24.0 Å². The second-order valence-electron chi connectivity index (χ2n) is 6.60. The molecular formula is C16H31IN4O4. The van der Waals surface area contributed by atoms with Crippen LogP contribution >= 0.6 is 24.0 Å². The zero-order valence-corrected chi connectivity index (χ0v) is 17.9. The first kappa shape index (κ1) is 23.7. The van der Waals surface area contributed by atoms with Crippen LogP contribution in [0, 0.1) is 0 Å². The summed E-state index contributed by atoms with van der Waals surface area (Å²) in [4.78, 5) is 31.1. The number of hydrogen-bond acceptors (Lipinski definition) is 5. The lowest BCUT2D eigenvalue weighted by Crippen LogP contribution is -2.53. The highest BCUT2D eigenvalue weighted by Crippen LogP contribution is 2.11. The third-order valence-corrected chi connectivity index (χ3v) is 3.37. The predicted octanol–water partition coefficient (Wildman–Crippen LogP) is 1.82. The normalized spacial score (nSPS) is 15.4. The topological polar surface area (TPSA) is 97.5 Å². The van der Waals surface area contributed by atoms with Crippen molar-refractivity contribution >= 4 is 42.0 Å². The standard InChI is InChI=1S/C16H30N4O4.HI/c1-5-23-13(21)7-6-8-18-14(17)19-9-11-20(12-10-19)15(22)24-16(2,3)4;/h5-12H2,1-4H3,(H2,17,18);1H. The molecule has 0 atom stereocenters. The van der Waals surface area contributed by atoms with Crippen molar-refractivity contribution in [2.75, 3.05) is 39.3 Å². The fourth-order valence-electron chi connectivity index (χ4n) is 2.19. The minimum Gasteiger partial charge on any atom is -0.466 e. The van der Waals surface area contributed by atoms with E-state index >= 15 is 0 Å². The average Bonchev–Trinajstić information content (AvgIpc) is 2.50. The van der Waals surface area contributed by atoms with Crippen LogP contribution in [0.25, 0.3) is 0 Å². The van der Waals surface area contributed by atoms with Crippen molar-refractivity contribution in [1.82, 2.24) is 9.80 Å². The second kappa shape index (κ2) is 11.4. The van der Waals surface area contributed by atoms with Crippen LogP contribution in [0.1, 0.15) is 40.5 Å². The number of aliphatic imine (C=N–C) groups is 1. The number of rotatable bonds is 5. The lowest BCUT2D eigenvalue weighted by atomic mass is 10.2. The van der Waals surface area contributed by atoms with Gasteiger partial charge in [0.25, 0.3) is 0 Å². The summed E-state index contributed by atoms with van der Waals surface area (Å²) in [5, 5.41) is 0. The summed E-state index contributed by atoms with van der Waals surface area (Å²) in [6.07, 6.45) is 0.654. The number of halogens is 1. The van der Waals surface area contributed by atoms with Gasteiger partial charge in [-0.1, -0.05) is 0 Å². The number of guanidine groups is 1. The number of nitrogens with two attached hydrogens (primary N) is 1. The third-order valence-electron chi connectivity index (χ3n) is 3.37. The third kappa shape index (κ3) is 9.71. The van der Waals surface area contributed by atoms with Crippen LogP contribution < -0.4 is 5.73 Å². The molecule has 1 saturated heterocycles. The summed E-state index contributed by atoms with van der Waals surface area (Å²) >= 11 is 0. The van der Waals surface area contributed by atoms with E-state index in [0.717, 1.165) is 0 Å². The van der Waals surface area contributed by atoms with Gasteiger partial charge in [0.15, 0.2) is 5.96 Å². The van der Waals surface area contributed by atoms with Gasteiger partial charge < -0.3 is 25.0 Å². The zero-order chi connectivity index (χ0) is 18.2. The monoisotopic (exact) mass is 470 g/mol. The highest BCUT2D eigenvalue weighted by molar-refractivity contribution is 14.0. The number of carbonyl (C=O) groups excluding carboxylic acids is 2. The first-order chi connectivity index (χ1) is 11.2. The molecule has 25 heavy (non-hydrogen) atoms. The molecule has 9 heteroatoms. The van der Waals surface area contributed by atoms with E-state index in [9.17, 15) is 9.59 Å². The number of ether oxygens (including phenoxy) is 2. The van der Waals surface area contributed by atoms with Gasteiger partial charge in [0.1, 0.15) is 5.60 Å². The number of esters is 1. The fraction of sp³-hybridized carbons (Fsp3) is 0.812. The molecule has 0 spiro atoms. The van der Waals surface area contributed by atoms with Gasteiger partial charge >= 0.3 is 12.1 Å². The zero-order valence-electron chi connectivity index (χ0n) is 15.6. The van der Waals surface area contributed by atoms with Crippen LogP contribution in [0.2, 0.25) is 0 Å². The van der Waals surface area contributed by atoms with Gasteiger partial charge in [-0.05, 0) is 34.1 Å². The van der Waals surface area contributed by atoms with Gasteiger partial charge in [-0.3, -0.25) is 9.79 Å². The van der Waals surface area contributed by atoms with Gasteiger partial charge in [-0.2, -0.15) is 0 Å². The Morgan fingerprint density at radius 2 is 1.68 bits per heavy atom. The molecular weight excluding hydrogens is 439 g/mol. The highest BCUT2D eigenvalue weighted by atomic mass is 127. The molecule has 1 aliphatic rings. The summed E-state index contributed by atoms with van der Waals surface area (Å²) in [5.41, 5.74) is 5.48. The van der Waals surface area contributed by atoms with E-state index in [1.807, 2.05) is 25.7 Å². The maximum Gasteiger partial charge on any atom is 0.410 e. The first-order valence-corrected chi connectivity index (χ1v) is 8.41. The number of piperazine rings is 1. The molecule has 0 unspecified atom stereocenters. The maximum absolute atomic E-state index is 12.0. The minimum atomic E-state index is -0.492. The molecule has 0 saturated carbocycles. The summed E-state index contributed by atoms with van der Waals surface area (Å²) < 4.78 is 10.2. The lowest BCUT2D eigenvalue weighted by Gasteiger charge is -2.36. The van der Waals surface area contributed by atoms with Crippen molar-refractivity contribution in [2.45, 2.75) is 46.1 Å². The Morgan fingerprint density at radius 3 is 2.20 bits per heavy atom. The van der Waals surface area contributed by atoms with E-state index in [1.165, 1.54) is 0 Å². The fourth-order valence-corrected chi connectivity index (χ4v) is 2.19. The Balaban J connectivity index is 0.00000576. The first-order valence-electron chi connectivity index (χ1n) is 8.41. The number of nitrogens with zero attached hydrogens (tertiary/aromatic N) is 3. The molecule has 1 rings (SSSR count). The predicted molar refractivity (Wildman–Crippen MR) is 107 cm³/mol. The molecule has 0 radical (unpaired) electrons. The van der Waals surface area contributed by atoms with Crippen LogP contribution in [0.15, 0.2) is 4.99 Å². The molecule has 146 valence electrons. The van der Waals surface area contributed by atoms with Gasteiger partial charge in [-0.25, -0.2) is 4.79 Å². The molecule has 0 aromatic heterocycles. The minimum absolute atomic E-state index is 0. The quantitative estimate of drug-likeness (QED) is 0.217. The Hall–Kier alpha value is -1.26. The smallest absolute Gasteiger partial charge is 0.410 e. The van der Waals surface area contributed by atoms with E-state index in [2.05, 4.69) is 4.99 Å². The van der Waals surface area contributed by atoms with E-state index in [4.69, 9.17) is 15.2 Å². The summed E-state index contributed by atoms with van der Waals surface area (Å²) in [7, 11) is 0. The number of hydrogen-bond donors (Lipinski definition) is 1. The van der Waals surface area contributed by atoms with Gasteiger partial charge in [0.2, 0.25) is 0 Å². The van der Waals surface area contributed by atoms with Gasteiger partial charge in [0.05, 0.1) is 6.61 Å². The molecule has 1 amide bonds. The molecule has 0 aliphatic carbocycles. The molecule has 1 heterocycles. The van der Waals surface area contributed by atoms with E-state index in [-0.39, 0.29) is 36.0 Å². The largest absolute Gasteiger partial charge is 0.466 e. The second-order valence-corrected chi connectivity index (χ2v) is 6.60. The molecule has 1 aliphatic heterocycles. The Morgan fingerprint density at radius 1 is 1.12 bits per heavy atom. The van der Waals surface area contributed by atoms with Crippen molar-refractivity contribution in [3.8, 4) is 0 Å². The Labute approximate surface area is 167 Å². The van der Waals surface area contributed by atoms with Crippen LogP contribution in [0.3, 0.4) is 0 Å². The lowest BCUT2D eigenvalue weighted by molar-refractivity contribution is -0.143. The van der Waals surface area contributed by atoms with E-state index in [1.54, 1.807) is 11.8 Å². The van der Waals surface area contributed by atoms with Crippen LogP contribution in [0.4, 0.5) is 4.79 Å². The highest BCUT2D eigenvalue weighted by Gasteiger charge is 2.26. The van der Waals surface area contributed by atoms with E-state index < -0.39 is 5.60 Å². The molecule has 0 aromatic carbocycles. The number of carbonyl (C=O) groups is 2. The van der Waals surface area contributed by atoms with Crippen molar-refractivity contribution in [1.29, 1.82) is 0 Å². The molecule has 8 nitrogen and oxygen atoms in total. The van der Waals surface area contributed by atoms with Crippen LogP contribution in [0.5, 0.6) is 0 Å². The summed E-state index contributed by atoms with van der Waals surface area (Å²) in [6.45, 7) is 10.5. The Bertz CT molecular complexity index is 458. The van der Waals surface area contributed by atoms with Crippen molar-refractivity contribution in [2.24, 2.45) is 10.7 Å². The molecule has 2 N–H and O–H groups in total. The molecule has 0 aromatic rings. The molecule has 1 fully saturated rings. The van der Waals surface area contributed by atoms with Crippen LogP contribution in [-0.2, 0) is 14.3 Å². The summed E-state index contributed by atoms with van der Waals surface area (Å²) in [6, 6.07) is 0.